The molecule has 0 aliphatic rings. The molecule has 4 heteroatoms. The molecule has 1 aromatic heterocycles. The summed E-state index contributed by atoms with van der Waals surface area (Å²) in [6, 6.07) is 9.26. The second kappa shape index (κ2) is 5.59. The van der Waals surface area contributed by atoms with Crippen molar-refractivity contribution >= 4 is 17.5 Å². The molecule has 0 N–H and O–H groups in total. The van der Waals surface area contributed by atoms with E-state index in [1.54, 1.807) is 12.4 Å². The predicted molar refractivity (Wildman–Crippen MR) is 68.3 cm³/mol. The first-order valence-electron chi connectivity index (χ1n) is 5.25. The molecule has 0 aliphatic carbocycles. The largest absolute Gasteiger partial charge is 0.293 e. The van der Waals surface area contributed by atoms with Crippen molar-refractivity contribution in [1.82, 2.24) is 9.97 Å². The van der Waals surface area contributed by atoms with Gasteiger partial charge in [-0.15, -0.1) is 0 Å². The number of benzene rings is 1. The Hall–Kier alpha value is -1.68. The summed E-state index contributed by atoms with van der Waals surface area (Å²) in [5, 5.41) is 0.639. The highest BCUT2D eigenvalue weighted by molar-refractivity contribution is 7.99. The monoisotopic (exact) mass is 244 g/mol. The molecule has 3 nitrogen and oxygen atoms in total. The lowest BCUT2D eigenvalue weighted by atomic mass is 10.2. The molecular formula is C13H12N2OS. The normalized spacial score (nSPS) is 10.2. The van der Waals surface area contributed by atoms with Gasteiger partial charge in [0, 0.05) is 18.0 Å². The molecule has 0 saturated heterocycles. The van der Waals surface area contributed by atoms with E-state index in [1.165, 1.54) is 11.8 Å². The zero-order valence-electron chi connectivity index (χ0n) is 9.46. The molecular weight excluding hydrogens is 232 g/mol. The number of hydrogen-bond acceptors (Lipinski definition) is 4. The Morgan fingerprint density at radius 3 is 2.47 bits per heavy atom. The minimum Gasteiger partial charge on any atom is -0.293 e. The van der Waals surface area contributed by atoms with E-state index < -0.39 is 0 Å². The highest BCUT2D eigenvalue weighted by atomic mass is 32.2. The Kier molecular flexibility index (Phi) is 3.88. The van der Waals surface area contributed by atoms with E-state index in [9.17, 15) is 4.79 Å². The summed E-state index contributed by atoms with van der Waals surface area (Å²) in [5.41, 5.74) is 1.75. The molecule has 0 radical (unpaired) electrons. The molecule has 0 aliphatic heterocycles. The highest BCUT2D eigenvalue weighted by Crippen LogP contribution is 2.14. The first-order chi connectivity index (χ1) is 8.25. The van der Waals surface area contributed by atoms with Gasteiger partial charge in [-0.1, -0.05) is 42.1 Å². The summed E-state index contributed by atoms with van der Waals surface area (Å²) >= 11 is 1.36. The van der Waals surface area contributed by atoms with Crippen LogP contribution in [0, 0.1) is 6.92 Å². The summed E-state index contributed by atoms with van der Waals surface area (Å²) in [7, 11) is 0. The summed E-state index contributed by atoms with van der Waals surface area (Å²) < 4.78 is 0. The molecule has 0 unspecified atom stereocenters. The van der Waals surface area contributed by atoms with Gasteiger partial charge in [0.2, 0.25) is 0 Å². The van der Waals surface area contributed by atoms with Crippen molar-refractivity contribution in [1.29, 1.82) is 0 Å². The smallest absolute Gasteiger partial charge is 0.187 e. The van der Waals surface area contributed by atoms with E-state index in [0.29, 0.717) is 10.9 Å². The van der Waals surface area contributed by atoms with Crippen LogP contribution in [-0.2, 0) is 0 Å². The van der Waals surface area contributed by atoms with E-state index >= 15 is 0 Å². The summed E-state index contributed by atoms with van der Waals surface area (Å²) in [6.07, 6.45) is 3.50. The fourth-order valence-corrected chi connectivity index (χ4v) is 1.97. The molecule has 0 amide bonds. The molecule has 2 rings (SSSR count). The van der Waals surface area contributed by atoms with Crippen LogP contribution in [0.4, 0.5) is 0 Å². The van der Waals surface area contributed by atoms with Crippen LogP contribution in [0.25, 0.3) is 0 Å². The third-order valence-electron chi connectivity index (χ3n) is 2.19. The van der Waals surface area contributed by atoms with Gasteiger partial charge >= 0.3 is 0 Å². The Labute approximate surface area is 104 Å². The van der Waals surface area contributed by atoms with E-state index in [2.05, 4.69) is 9.97 Å². The fourth-order valence-electron chi connectivity index (χ4n) is 1.29. The maximum absolute atomic E-state index is 11.8. The van der Waals surface area contributed by atoms with Gasteiger partial charge in [0.1, 0.15) is 0 Å². The molecule has 0 saturated carbocycles. The van der Waals surface area contributed by atoms with Crippen molar-refractivity contribution in [3.8, 4) is 0 Å². The number of rotatable bonds is 4. The second-order valence-electron chi connectivity index (χ2n) is 3.62. The molecule has 0 atom stereocenters. The predicted octanol–water partition coefficient (Wildman–Crippen LogP) is 2.76. The van der Waals surface area contributed by atoms with Gasteiger partial charge in [-0.2, -0.15) is 0 Å². The quantitative estimate of drug-likeness (QED) is 0.471. The van der Waals surface area contributed by atoms with E-state index in [1.807, 2.05) is 37.3 Å². The molecule has 1 heterocycles. The lowest BCUT2D eigenvalue weighted by Crippen LogP contribution is -2.02. The molecule has 17 heavy (non-hydrogen) atoms. The van der Waals surface area contributed by atoms with Crippen LogP contribution in [0.1, 0.15) is 15.9 Å². The highest BCUT2D eigenvalue weighted by Gasteiger charge is 2.06. The van der Waals surface area contributed by atoms with Gasteiger partial charge in [0.05, 0.1) is 5.75 Å². The number of aromatic nitrogens is 2. The lowest BCUT2D eigenvalue weighted by Gasteiger charge is -2.00. The van der Waals surface area contributed by atoms with Crippen molar-refractivity contribution < 1.29 is 4.79 Å². The number of nitrogens with zero attached hydrogens (tertiary/aromatic N) is 2. The Morgan fingerprint density at radius 2 is 1.82 bits per heavy atom. The summed E-state index contributed by atoms with van der Waals surface area (Å²) in [6.45, 7) is 1.93. The Morgan fingerprint density at radius 1 is 1.18 bits per heavy atom. The number of carbonyl (C=O) groups excluding carboxylic acids is 1. The van der Waals surface area contributed by atoms with Gasteiger partial charge < -0.3 is 0 Å². The van der Waals surface area contributed by atoms with Crippen molar-refractivity contribution in [3.05, 3.63) is 53.9 Å². The standard InChI is InChI=1S/C13H12N2OS/c1-10-7-14-13(15-8-10)17-9-12(16)11-5-3-2-4-6-11/h2-8H,9H2,1H3. The van der Waals surface area contributed by atoms with Crippen molar-refractivity contribution in [3.63, 3.8) is 0 Å². The second-order valence-corrected chi connectivity index (χ2v) is 4.56. The minimum absolute atomic E-state index is 0.0970. The van der Waals surface area contributed by atoms with Crippen LogP contribution in [-0.4, -0.2) is 21.5 Å². The topological polar surface area (TPSA) is 42.9 Å². The zero-order valence-corrected chi connectivity index (χ0v) is 10.3. The third-order valence-corrected chi connectivity index (χ3v) is 3.06. The molecule has 2 aromatic rings. The Bertz CT molecular complexity index is 497. The van der Waals surface area contributed by atoms with Gasteiger partial charge in [0.15, 0.2) is 10.9 Å². The third kappa shape index (κ3) is 3.39. The van der Waals surface area contributed by atoms with Gasteiger partial charge in [-0.05, 0) is 12.5 Å². The number of aryl methyl sites for hydroxylation is 1. The van der Waals surface area contributed by atoms with Crippen LogP contribution in [0.5, 0.6) is 0 Å². The van der Waals surface area contributed by atoms with E-state index in [-0.39, 0.29) is 5.78 Å². The number of thioether (sulfide) groups is 1. The van der Waals surface area contributed by atoms with Crippen molar-refractivity contribution in [2.75, 3.05) is 5.75 Å². The SMILES string of the molecule is Cc1cnc(SCC(=O)c2ccccc2)nc1. The van der Waals surface area contributed by atoms with Crippen molar-refractivity contribution in [2.24, 2.45) is 0 Å². The average Bonchev–Trinajstić information content (AvgIpc) is 2.39. The number of ketones is 1. The zero-order chi connectivity index (χ0) is 12.1. The summed E-state index contributed by atoms with van der Waals surface area (Å²) in [4.78, 5) is 20.1. The van der Waals surface area contributed by atoms with Gasteiger partial charge in [-0.25, -0.2) is 9.97 Å². The average molecular weight is 244 g/mol. The van der Waals surface area contributed by atoms with Crippen LogP contribution >= 0.6 is 11.8 Å². The number of Topliss-reactive ketones (excluding diaryl/α,β-unsaturated/α-hetero) is 1. The number of hydrogen-bond donors (Lipinski definition) is 0. The van der Waals surface area contributed by atoms with Crippen LogP contribution in [0.15, 0.2) is 47.9 Å². The van der Waals surface area contributed by atoms with Crippen LogP contribution in [0.2, 0.25) is 0 Å². The number of carbonyl (C=O) groups is 1. The van der Waals surface area contributed by atoms with E-state index in [4.69, 9.17) is 0 Å². The van der Waals surface area contributed by atoms with Crippen LogP contribution in [0.3, 0.4) is 0 Å². The summed E-state index contributed by atoms with van der Waals surface area (Å²) in [5.74, 6) is 0.465. The van der Waals surface area contributed by atoms with Crippen LogP contribution < -0.4 is 0 Å². The fraction of sp³-hybridized carbons (Fsp3) is 0.154. The van der Waals surface area contributed by atoms with Gasteiger partial charge in [-0.3, -0.25) is 4.79 Å². The molecule has 0 fully saturated rings. The first-order valence-corrected chi connectivity index (χ1v) is 6.24. The van der Waals surface area contributed by atoms with Gasteiger partial charge in [0.25, 0.3) is 0 Å². The molecule has 86 valence electrons. The Balaban J connectivity index is 1.95. The molecule has 1 aromatic carbocycles. The maximum Gasteiger partial charge on any atom is 0.187 e. The molecule has 0 bridgehead atoms. The van der Waals surface area contributed by atoms with E-state index in [0.717, 1.165) is 11.1 Å². The first kappa shape index (κ1) is 11.8. The molecule has 0 spiro atoms. The maximum atomic E-state index is 11.8. The van der Waals surface area contributed by atoms with Crippen molar-refractivity contribution in [2.45, 2.75) is 12.1 Å². The lowest BCUT2D eigenvalue weighted by molar-refractivity contribution is 0.102. The minimum atomic E-state index is 0.0970.